The molecule has 1 unspecified atom stereocenters. The second kappa shape index (κ2) is 5.84. The molecular weight excluding hydrogens is 248 g/mol. The van der Waals surface area contributed by atoms with Crippen LogP contribution in [0, 0.1) is 5.92 Å². The highest BCUT2D eigenvalue weighted by molar-refractivity contribution is 5.21. The van der Waals surface area contributed by atoms with Gasteiger partial charge in [-0.3, -0.25) is 4.90 Å². The van der Waals surface area contributed by atoms with Crippen molar-refractivity contribution in [2.24, 2.45) is 5.92 Å². The van der Waals surface area contributed by atoms with Gasteiger partial charge in [-0.25, -0.2) is 0 Å². The number of hydrogen-bond donors (Lipinski definition) is 1. The molecule has 3 heteroatoms. The lowest BCUT2D eigenvalue weighted by Gasteiger charge is -2.38. The van der Waals surface area contributed by atoms with Gasteiger partial charge in [-0.1, -0.05) is 30.3 Å². The van der Waals surface area contributed by atoms with Gasteiger partial charge in [0, 0.05) is 39.3 Å². The maximum Gasteiger partial charge on any atom is 0.0994 e. The number of rotatable bonds is 5. The Morgan fingerprint density at radius 3 is 2.25 bits per heavy atom. The fourth-order valence-corrected chi connectivity index (χ4v) is 3.12. The third-order valence-electron chi connectivity index (χ3n) is 4.61. The first-order valence-corrected chi connectivity index (χ1v) is 7.86. The summed E-state index contributed by atoms with van der Waals surface area (Å²) in [5.41, 5.74) is 0.264. The van der Waals surface area contributed by atoms with E-state index in [1.54, 1.807) is 0 Å². The molecule has 1 N–H and O–H groups in total. The first-order valence-electron chi connectivity index (χ1n) is 7.86. The van der Waals surface area contributed by atoms with E-state index < -0.39 is 5.60 Å². The molecule has 1 aromatic carbocycles. The minimum atomic E-state index is -0.750. The van der Waals surface area contributed by atoms with Gasteiger partial charge in [0.05, 0.1) is 5.60 Å². The number of benzene rings is 1. The molecule has 110 valence electrons. The van der Waals surface area contributed by atoms with E-state index in [2.05, 4.69) is 9.80 Å². The molecule has 3 rings (SSSR count). The molecule has 1 aromatic rings. The zero-order valence-electron chi connectivity index (χ0n) is 12.5. The van der Waals surface area contributed by atoms with Crippen LogP contribution in [0.25, 0.3) is 0 Å². The molecule has 0 radical (unpaired) electrons. The summed E-state index contributed by atoms with van der Waals surface area (Å²) in [5, 5.41) is 10.7. The molecule has 0 aromatic heterocycles. The van der Waals surface area contributed by atoms with Crippen LogP contribution < -0.4 is 0 Å². The quantitative estimate of drug-likeness (QED) is 0.888. The zero-order chi connectivity index (χ0) is 14.0. The highest BCUT2D eigenvalue weighted by Crippen LogP contribution is 2.30. The van der Waals surface area contributed by atoms with Gasteiger partial charge in [0.2, 0.25) is 0 Å². The second-order valence-electron chi connectivity index (χ2n) is 6.66. The summed E-state index contributed by atoms with van der Waals surface area (Å²) in [6.07, 6.45) is 2.87. The van der Waals surface area contributed by atoms with E-state index in [-0.39, 0.29) is 0 Å². The number of aliphatic hydroxyl groups is 1. The molecule has 1 saturated heterocycles. The van der Waals surface area contributed by atoms with Crippen LogP contribution in [0.3, 0.4) is 0 Å². The van der Waals surface area contributed by atoms with Crippen molar-refractivity contribution < 1.29 is 5.11 Å². The van der Waals surface area contributed by atoms with Crippen molar-refractivity contribution in [3.8, 4) is 0 Å². The average molecular weight is 274 g/mol. The summed E-state index contributed by atoms with van der Waals surface area (Å²) in [6.45, 7) is 8.42. The predicted octanol–water partition coefficient (Wildman–Crippen LogP) is 1.92. The van der Waals surface area contributed by atoms with Crippen LogP contribution in [0.1, 0.15) is 25.3 Å². The van der Waals surface area contributed by atoms with Gasteiger partial charge in [0.25, 0.3) is 0 Å². The van der Waals surface area contributed by atoms with Gasteiger partial charge in [-0.05, 0) is 31.2 Å². The Bertz CT molecular complexity index is 420. The number of nitrogens with zero attached hydrogens (tertiary/aromatic N) is 2. The van der Waals surface area contributed by atoms with Gasteiger partial charge in [0.1, 0.15) is 0 Å². The molecule has 2 fully saturated rings. The lowest BCUT2D eigenvalue weighted by Crippen LogP contribution is -2.50. The van der Waals surface area contributed by atoms with Gasteiger partial charge < -0.3 is 10.0 Å². The SMILES string of the molecule is CC(O)(CN1CCN(CC2CC2)CC1)c1ccccc1. The lowest BCUT2D eigenvalue weighted by molar-refractivity contribution is 0.0000606. The molecule has 1 aliphatic heterocycles. The highest BCUT2D eigenvalue weighted by atomic mass is 16.3. The Hall–Kier alpha value is -0.900. The minimum absolute atomic E-state index is 0.730. The lowest BCUT2D eigenvalue weighted by atomic mass is 9.95. The second-order valence-corrected chi connectivity index (χ2v) is 6.66. The molecule has 3 nitrogen and oxygen atoms in total. The Morgan fingerprint density at radius 1 is 1.05 bits per heavy atom. The fraction of sp³-hybridized carbons (Fsp3) is 0.647. The Balaban J connectivity index is 1.50. The Labute approximate surface area is 122 Å². The smallest absolute Gasteiger partial charge is 0.0994 e. The highest BCUT2D eigenvalue weighted by Gasteiger charge is 2.30. The monoisotopic (exact) mass is 274 g/mol. The van der Waals surface area contributed by atoms with Crippen LogP contribution in [-0.4, -0.2) is 54.2 Å². The molecule has 2 aliphatic rings. The third-order valence-corrected chi connectivity index (χ3v) is 4.61. The fourth-order valence-electron chi connectivity index (χ4n) is 3.12. The molecule has 1 atom stereocenters. The maximum atomic E-state index is 10.7. The van der Waals surface area contributed by atoms with E-state index in [1.165, 1.54) is 19.4 Å². The standard InChI is InChI=1S/C17H26N2O/c1-17(20,16-5-3-2-4-6-16)14-19-11-9-18(10-12-19)13-15-7-8-15/h2-6,15,20H,7-14H2,1H3. The summed E-state index contributed by atoms with van der Waals surface area (Å²) in [5.74, 6) is 0.981. The van der Waals surface area contributed by atoms with E-state index in [9.17, 15) is 5.11 Å². The van der Waals surface area contributed by atoms with E-state index in [4.69, 9.17) is 0 Å². The van der Waals surface area contributed by atoms with Crippen LogP contribution >= 0.6 is 0 Å². The van der Waals surface area contributed by atoms with Crippen molar-refractivity contribution in [2.75, 3.05) is 39.3 Å². The largest absolute Gasteiger partial charge is 0.384 e. The van der Waals surface area contributed by atoms with Crippen LogP contribution in [0.5, 0.6) is 0 Å². The summed E-state index contributed by atoms with van der Waals surface area (Å²) in [6, 6.07) is 10.0. The van der Waals surface area contributed by atoms with Crippen LogP contribution in [-0.2, 0) is 5.60 Å². The average Bonchev–Trinajstić information content (AvgIpc) is 3.26. The van der Waals surface area contributed by atoms with E-state index in [0.29, 0.717) is 0 Å². The molecule has 1 heterocycles. The molecule has 1 saturated carbocycles. The molecular formula is C17H26N2O. The van der Waals surface area contributed by atoms with Gasteiger partial charge in [0.15, 0.2) is 0 Å². The van der Waals surface area contributed by atoms with Crippen LogP contribution in [0.15, 0.2) is 30.3 Å². The van der Waals surface area contributed by atoms with Crippen molar-refractivity contribution in [1.29, 1.82) is 0 Å². The number of hydrogen-bond acceptors (Lipinski definition) is 3. The summed E-state index contributed by atoms with van der Waals surface area (Å²) >= 11 is 0. The summed E-state index contributed by atoms with van der Waals surface area (Å²) < 4.78 is 0. The van der Waals surface area contributed by atoms with Gasteiger partial charge in [-0.15, -0.1) is 0 Å². The van der Waals surface area contributed by atoms with Crippen molar-refractivity contribution in [1.82, 2.24) is 9.80 Å². The van der Waals surface area contributed by atoms with E-state index >= 15 is 0 Å². The maximum absolute atomic E-state index is 10.7. The third kappa shape index (κ3) is 3.60. The summed E-state index contributed by atoms with van der Waals surface area (Å²) in [4.78, 5) is 4.99. The predicted molar refractivity (Wildman–Crippen MR) is 81.6 cm³/mol. The van der Waals surface area contributed by atoms with Crippen molar-refractivity contribution in [3.05, 3.63) is 35.9 Å². The molecule has 20 heavy (non-hydrogen) atoms. The molecule has 1 aliphatic carbocycles. The number of piperazine rings is 1. The molecule has 0 spiro atoms. The first-order chi connectivity index (χ1) is 9.63. The Kier molecular flexibility index (Phi) is 4.11. The number of β-amino-alcohol motifs (C(OH)–C–C–N with tert-alkyl or cyclic N) is 1. The normalized spacial score (nSPS) is 24.5. The van der Waals surface area contributed by atoms with Crippen molar-refractivity contribution in [3.63, 3.8) is 0 Å². The van der Waals surface area contributed by atoms with Gasteiger partial charge >= 0.3 is 0 Å². The van der Waals surface area contributed by atoms with Gasteiger partial charge in [-0.2, -0.15) is 0 Å². The van der Waals surface area contributed by atoms with E-state index in [1.807, 2.05) is 37.3 Å². The van der Waals surface area contributed by atoms with Crippen molar-refractivity contribution >= 4 is 0 Å². The van der Waals surface area contributed by atoms with Crippen LogP contribution in [0.4, 0.5) is 0 Å². The van der Waals surface area contributed by atoms with E-state index in [0.717, 1.165) is 44.2 Å². The first kappa shape index (κ1) is 14.1. The topological polar surface area (TPSA) is 26.7 Å². The molecule has 0 bridgehead atoms. The minimum Gasteiger partial charge on any atom is -0.384 e. The van der Waals surface area contributed by atoms with Crippen LogP contribution in [0.2, 0.25) is 0 Å². The molecule has 0 amide bonds. The summed E-state index contributed by atoms with van der Waals surface area (Å²) in [7, 11) is 0. The zero-order valence-corrected chi connectivity index (χ0v) is 12.5. The van der Waals surface area contributed by atoms with Crippen molar-refractivity contribution in [2.45, 2.75) is 25.4 Å². The Morgan fingerprint density at radius 2 is 1.65 bits per heavy atom.